The van der Waals surface area contributed by atoms with Gasteiger partial charge in [-0.1, -0.05) is 0 Å². The van der Waals surface area contributed by atoms with E-state index < -0.39 is 5.97 Å². The van der Waals surface area contributed by atoms with Crippen LogP contribution in [0.15, 0.2) is 24.3 Å². The van der Waals surface area contributed by atoms with Gasteiger partial charge in [0.2, 0.25) is 0 Å². The molecule has 0 amide bonds. The smallest absolute Gasteiger partial charge is 0.335 e. The van der Waals surface area contributed by atoms with Crippen LogP contribution >= 0.6 is 0 Å². The van der Waals surface area contributed by atoms with Gasteiger partial charge in [0.1, 0.15) is 0 Å². The number of hydrogen-bond donors (Lipinski definition) is 2. The highest BCUT2D eigenvalue weighted by atomic mass is 16.4. The average Bonchev–Trinajstić information content (AvgIpc) is 2.42. The maximum atomic E-state index is 10.9. The second kappa shape index (κ2) is 4.51. The summed E-state index contributed by atoms with van der Waals surface area (Å²) in [6.07, 6.45) is 7.08. The monoisotopic (exact) mass is 271 g/mol. The van der Waals surface area contributed by atoms with Crippen molar-refractivity contribution in [1.82, 2.24) is 0 Å². The molecule has 0 aromatic heterocycles. The van der Waals surface area contributed by atoms with Gasteiger partial charge in [-0.15, -0.1) is 0 Å². The fraction of sp³-hybridized carbons (Fsp3) is 0.588. The first-order valence-corrected chi connectivity index (χ1v) is 7.79. The van der Waals surface area contributed by atoms with Crippen molar-refractivity contribution in [2.75, 3.05) is 5.32 Å². The van der Waals surface area contributed by atoms with E-state index in [0.717, 1.165) is 29.4 Å². The highest BCUT2D eigenvalue weighted by Crippen LogP contribution is 2.54. The Kier molecular flexibility index (Phi) is 2.76. The van der Waals surface area contributed by atoms with Gasteiger partial charge in [0.25, 0.3) is 0 Å². The fourth-order valence-corrected chi connectivity index (χ4v) is 5.06. The van der Waals surface area contributed by atoms with Crippen LogP contribution in [0, 0.1) is 23.7 Å². The van der Waals surface area contributed by atoms with Crippen LogP contribution in [0.5, 0.6) is 0 Å². The van der Waals surface area contributed by atoms with E-state index in [2.05, 4.69) is 5.32 Å². The molecule has 2 N–H and O–H groups in total. The predicted octanol–water partition coefficient (Wildman–Crippen LogP) is 3.62. The normalized spacial score (nSPS) is 37.9. The van der Waals surface area contributed by atoms with E-state index in [4.69, 9.17) is 5.11 Å². The Morgan fingerprint density at radius 2 is 1.50 bits per heavy atom. The average molecular weight is 271 g/mol. The molecule has 0 aliphatic heterocycles. The van der Waals surface area contributed by atoms with Crippen LogP contribution in [-0.4, -0.2) is 17.1 Å². The standard InChI is InChI=1S/C17H21NO2/c19-17(20)12-1-3-15(4-2-12)18-16-13-6-10-5-11(8-13)9-14(16)7-10/h1-4,10-11,13-14,16,18H,5-9H2,(H,19,20). The second-order valence-electron chi connectivity index (χ2n) is 6.98. The molecule has 5 rings (SSSR count). The molecular formula is C17H21NO2. The lowest BCUT2D eigenvalue weighted by Gasteiger charge is -2.54. The first-order valence-electron chi connectivity index (χ1n) is 7.79. The molecule has 1 aromatic rings. The Morgan fingerprint density at radius 3 is 2.00 bits per heavy atom. The number of carboxylic acid groups (broad SMARTS) is 1. The zero-order valence-electron chi connectivity index (χ0n) is 11.6. The van der Waals surface area contributed by atoms with Crippen molar-refractivity contribution in [2.24, 2.45) is 23.7 Å². The van der Waals surface area contributed by atoms with Crippen LogP contribution in [0.25, 0.3) is 0 Å². The fourth-order valence-electron chi connectivity index (χ4n) is 5.06. The number of nitrogens with one attached hydrogen (secondary N) is 1. The van der Waals surface area contributed by atoms with E-state index in [9.17, 15) is 4.79 Å². The molecule has 0 radical (unpaired) electrons. The van der Waals surface area contributed by atoms with Crippen molar-refractivity contribution in [2.45, 2.75) is 38.1 Å². The zero-order valence-corrected chi connectivity index (χ0v) is 11.6. The van der Waals surface area contributed by atoms with Crippen molar-refractivity contribution in [3.63, 3.8) is 0 Å². The van der Waals surface area contributed by atoms with Crippen molar-refractivity contribution < 1.29 is 9.90 Å². The van der Waals surface area contributed by atoms with Gasteiger partial charge in [0.15, 0.2) is 0 Å². The van der Waals surface area contributed by atoms with Gasteiger partial charge >= 0.3 is 5.97 Å². The molecule has 4 fully saturated rings. The molecule has 4 saturated carbocycles. The summed E-state index contributed by atoms with van der Waals surface area (Å²) in [5.74, 6) is 2.80. The molecule has 1 aromatic carbocycles. The number of carboxylic acids is 1. The molecule has 106 valence electrons. The molecule has 0 unspecified atom stereocenters. The third-order valence-corrected chi connectivity index (χ3v) is 5.69. The summed E-state index contributed by atoms with van der Waals surface area (Å²) in [6, 6.07) is 7.82. The van der Waals surface area contributed by atoms with E-state index in [-0.39, 0.29) is 0 Å². The molecule has 0 heterocycles. The number of rotatable bonds is 3. The zero-order chi connectivity index (χ0) is 13.7. The second-order valence-corrected chi connectivity index (χ2v) is 6.98. The summed E-state index contributed by atoms with van der Waals surface area (Å²) in [5.41, 5.74) is 1.44. The molecular weight excluding hydrogens is 250 g/mol. The van der Waals surface area contributed by atoms with E-state index >= 15 is 0 Å². The minimum Gasteiger partial charge on any atom is -0.478 e. The Bertz CT molecular complexity index is 494. The number of benzene rings is 1. The summed E-state index contributed by atoms with van der Waals surface area (Å²) < 4.78 is 0. The predicted molar refractivity (Wildman–Crippen MR) is 77.9 cm³/mol. The van der Waals surface area contributed by atoms with Gasteiger partial charge < -0.3 is 10.4 Å². The van der Waals surface area contributed by atoms with E-state index in [1.165, 1.54) is 32.1 Å². The summed E-state index contributed by atoms with van der Waals surface area (Å²) in [4.78, 5) is 10.9. The Morgan fingerprint density at radius 1 is 0.950 bits per heavy atom. The minimum absolute atomic E-state index is 0.362. The van der Waals surface area contributed by atoms with Crippen molar-refractivity contribution in [3.8, 4) is 0 Å². The quantitative estimate of drug-likeness (QED) is 0.882. The van der Waals surface area contributed by atoms with Gasteiger partial charge in [-0.2, -0.15) is 0 Å². The lowest BCUT2D eigenvalue weighted by atomic mass is 9.54. The van der Waals surface area contributed by atoms with Gasteiger partial charge in [0, 0.05) is 11.7 Å². The van der Waals surface area contributed by atoms with E-state index in [1.54, 1.807) is 12.1 Å². The van der Waals surface area contributed by atoms with Crippen molar-refractivity contribution >= 4 is 11.7 Å². The lowest BCUT2D eigenvalue weighted by molar-refractivity contribution is 0.00754. The highest BCUT2D eigenvalue weighted by molar-refractivity contribution is 5.88. The molecule has 0 saturated heterocycles. The number of carbonyl (C=O) groups is 1. The first-order chi connectivity index (χ1) is 9.69. The van der Waals surface area contributed by atoms with E-state index in [0.29, 0.717) is 11.6 Å². The van der Waals surface area contributed by atoms with Crippen LogP contribution < -0.4 is 5.32 Å². The number of aromatic carboxylic acids is 1. The number of hydrogen-bond acceptors (Lipinski definition) is 2. The van der Waals surface area contributed by atoms with Crippen LogP contribution in [0.3, 0.4) is 0 Å². The summed E-state index contributed by atoms with van der Waals surface area (Å²) in [5, 5.41) is 12.6. The van der Waals surface area contributed by atoms with Crippen molar-refractivity contribution in [1.29, 1.82) is 0 Å². The van der Waals surface area contributed by atoms with Crippen molar-refractivity contribution in [3.05, 3.63) is 29.8 Å². The molecule has 20 heavy (non-hydrogen) atoms. The Balaban J connectivity index is 1.50. The van der Waals surface area contributed by atoms with Gasteiger partial charge in [-0.3, -0.25) is 0 Å². The third-order valence-electron chi connectivity index (χ3n) is 5.69. The molecule has 0 atom stereocenters. The van der Waals surface area contributed by atoms with Crippen LogP contribution in [0.2, 0.25) is 0 Å². The van der Waals surface area contributed by atoms with Crippen LogP contribution in [-0.2, 0) is 0 Å². The molecule has 4 aliphatic carbocycles. The van der Waals surface area contributed by atoms with Gasteiger partial charge in [-0.05, 0) is 80.0 Å². The third kappa shape index (κ3) is 2.00. The molecule has 4 bridgehead atoms. The Labute approximate surface area is 119 Å². The minimum atomic E-state index is -0.855. The van der Waals surface area contributed by atoms with Gasteiger partial charge in [-0.25, -0.2) is 4.79 Å². The van der Waals surface area contributed by atoms with E-state index in [1.807, 2.05) is 12.1 Å². The van der Waals surface area contributed by atoms with Crippen LogP contribution in [0.1, 0.15) is 42.5 Å². The maximum absolute atomic E-state index is 10.9. The highest BCUT2D eigenvalue weighted by Gasteiger charge is 2.48. The summed E-state index contributed by atoms with van der Waals surface area (Å²) in [7, 11) is 0. The molecule has 3 heteroatoms. The SMILES string of the molecule is O=C(O)c1ccc(NC2C3CC4CC(C3)CC2C4)cc1. The van der Waals surface area contributed by atoms with Crippen LogP contribution in [0.4, 0.5) is 5.69 Å². The molecule has 0 spiro atoms. The Hall–Kier alpha value is -1.51. The summed E-state index contributed by atoms with van der Waals surface area (Å²) in [6.45, 7) is 0. The largest absolute Gasteiger partial charge is 0.478 e. The lowest BCUT2D eigenvalue weighted by Crippen LogP contribution is -2.51. The molecule has 4 aliphatic rings. The molecule has 3 nitrogen and oxygen atoms in total. The first kappa shape index (κ1) is 12.2. The van der Waals surface area contributed by atoms with Gasteiger partial charge in [0.05, 0.1) is 5.56 Å². The number of anilines is 1. The topological polar surface area (TPSA) is 49.3 Å². The summed E-state index contributed by atoms with van der Waals surface area (Å²) >= 11 is 0. The maximum Gasteiger partial charge on any atom is 0.335 e.